The number of quaternary nitrogens is 1. The van der Waals surface area contributed by atoms with Gasteiger partial charge < -0.3 is 0 Å². The minimum Gasteiger partial charge on any atom is -0.257 e. The summed E-state index contributed by atoms with van der Waals surface area (Å²) in [6, 6.07) is 0.713. The van der Waals surface area contributed by atoms with Crippen molar-refractivity contribution in [1.29, 1.82) is 0 Å². The zero-order valence-electron chi connectivity index (χ0n) is 7.65. The highest BCUT2D eigenvalue weighted by Crippen LogP contribution is 2.62. The highest BCUT2D eigenvalue weighted by molar-refractivity contribution is 8.18. The molecule has 0 saturated carbocycles. The van der Waals surface area contributed by atoms with E-state index in [9.17, 15) is 0 Å². The van der Waals surface area contributed by atoms with E-state index in [1.807, 2.05) is 0 Å². The Labute approximate surface area is 71.4 Å². The summed E-state index contributed by atoms with van der Waals surface area (Å²) in [4.78, 5) is 0. The molecule has 3 heterocycles. The van der Waals surface area contributed by atoms with Crippen LogP contribution in [0.15, 0.2) is 4.40 Å². The summed E-state index contributed by atoms with van der Waals surface area (Å²) in [5.74, 6) is 0. The molecule has 0 amide bonds. The van der Waals surface area contributed by atoms with E-state index in [2.05, 4.69) is 38.4 Å². The molecule has 64 valence electrons. The minimum atomic E-state index is 0.0167. The molecule has 0 spiro atoms. The summed E-state index contributed by atoms with van der Waals surface area (Å²) in [7, 11) is 0. The van der Waals surface area contributed by atoms with E-state index in [4.69, 9.17) is 0 Å². The molecule has 3 heteroatoms. The van der Waals surface area contributed by atoms with Crippen LogP contribution in [0.3, 0.4) is 0 Å². The lowest BCUT2D eigenvalue weighted by molar-refractivity contribution is -0.887. The summed E-state index contributed by atoms with van der Waals surface area (Å²) in [6.45, 7) is 9.30. The smallest absolute Gasteiger partial charge is 0.197 e. The second kappa shape index (κ2) is 2.02. The topological polar surface area (TPSA) is 12.4 Å². The highest BCUT2D eigenvalue weighted by Gasteiger charge is 2.61. The van der Waals surface area contributed by atoms with Crippen molar-refractivity contribution in [3.63, 3.8) is 0 Å². The van der Waals surface area contributed by atoms with Crippen LogP contribution >= 0.6 is 11.1 Å². The molecular weight excluding hydrogens is 156 g/mol. The summed E-state index contributed by atoms with van der Waals surface area (Å²) in [6.07, 6.45) is 2.20. The van der Waals surface area contributed by atoms with Gasteiger partial charge in [0.25, 0.3) is 0 Å². The van der Waals surface area contributed by atoms with Crippen molar-refractivity contribution < 1.29 is 4.48 Å². The number of rotatable bonds is 1. The molecule has 2 nitrogen and oxygen atoms in total. The number of thiol groups is 1. The molecule has 1 saturated heterocycles. The van der Waals surface area contributed by atoms with Crippen molar-refractivity contribution >= 4 is 17.4 Å². The van der Waals surface area contributed by atoms with Crippen molar-refractivity contribution in [2.45, 2.75) is 44.5 Å². The van der Waals surface area contributed by atoms with Crippen LogP contribution in [0.25, 0.3) is 0 Å². The third kappa shape index (κ3) is 0.621. The molecule has 0 N–H and O–H groups in total. The van der Waals surface area contributed by atoms with Gasteiger partial charge in [0.2, 0.25) is 0 Å². The molecule has 3 aliphatic rings. The van der Waals surface area contributed by atoms with E-state index in [0.717, 1.165) is 15.2 Å². The maximum atomic E-state index is 4.58. The van der Waals surface area contributed by atoms with Crippen molar-refractivity contribution in [2.24, 2.45) is 4.40 Å². The molecule has 2 bridgehead atoms. The first-order valence-electron chi connectivity index (χ1n) is 4.32. The van der Waals surface area contributed by atoms with Gasteiger partial charge in [0.15, 0.2) is 6.34 Å². The molecule has 0 aromatic rings. The summed E-state index contributed by atoms with van der Waals surface area (Å²) >= 11 is 0.0167. The molecule has 4 atom stereocenters. The normalized spacial score (nSPS) is 56.6. The van der Waals surface area contributed by atoms with Gasteiger partial charge in [0.1, 0.15) is 10.7 Å². The number of hydrogen-bond acceptors (Lipinski definition) is 1. The maximum absolute atomic E-state index is 4.58. The number of hydrogen-bond donors (Lipinski definition) is 1. The van der Waals surface area contributed by atoms with E-state index in [1.54, 1.807) is 0 Å². The monoisotopic (exact) mass is 173 g/mol. The van der Waals surface area contributed by atoms with Gasteiger partial charge in [0, 0.05) is 0 Å². The number of nitrogens with zero attached hydrogens (tertiary/aromatic N) is 2. The van der Waals surface area contributed by atoms with E-state index in [1.165, 1.54) is 0 Å². The fourth-order valence-electron chi connectivity index (χ4n) is 2.50. The Morgan fingerprint density at radius 1 is 1.36 bits per heavy atom. The van der Waals surface area contributed by atoms with Gasteiger partial charge in [-0.1, -0.05) is 0 Å². The Morgan fingerprint density at radius 3 is 2.09 bits per heavy atom. The van der Waals surface area contributed by atoms with E-state index in [0.29, 0.717) is 6.04 Å². The Balaban J connectivity index is 2.31. The molecule has 1 fully saturated rings. The first-order chi connectivity index (χ1) is 5.10. The van der Waals surface area contributed by atoms with E-state index < -0.39 is 0 Å². The highest BCUT2D eigenvalue weighted by atomic mass is 32.2. The third-order valence-corrected chi connectivity index (χ3v) is 6.04. The lowest BCUT2D eigenvalue weighted by Gasteiger charge is -2.55. The minimum absolute atomic E-state index is 0.0167. The predicted octanol–water partition coefficient (Wildman–Crippen LogP) is 1.88. The van der Waals surface area contributed by atoms with E-state index >= 15 is 0 Å². The average molecular weight is 173 g/mol. The lowest BCUT2D eigenvalue weighted by Crippen LogP contribution is -2.66. The Kier molecular flexibility index (Phi) is 1.40. The Morgan fingerprint density at radius 2 is 1.91 bits per heavy atom. The van der Waals surface area contributed by atoms with Gasteiger partial charge in [-0.2, -0.15) is 4.40 Å². The van der Waals surface area contributed by atoms with Crippen molar-refractivity contribution in [3.05, 3.63) is 0 Å². The van der Waals surface area contributed by atoms with Gasteiger partial charge in [0.05, 0.1) is 6.04 Å². The van der Waals surface area contributed by atoms with Gasteiger partial charge in [-0.25, -0.2) is 0 Å². The molecule has 0 aliphatic carbocycles. The largest absolute Gasteiger partial charge is 0.257 e. The second-order valence-corrected chi connectivity index (χ2v) is 6.35. The lowest BCUT2D eigenvalue weighted by atomic mass is 10.2. The first-order valence-corrected chi connectivity index (χ1v) is 5.75. The average Bonchev–Trinajstić information content (AvgIpc) is 2.44. The molecule has 3 rings (SSSR count). The predicted molar refractivity (Wildman–Crippen MR) is 51.8 cm³/mol. The molecule has 3 aliphatic heterocycles. The van der Waals surface area contributed by atoms with Crippen LogP contribution in [0.4, 0.5) is 0 Å². The van der Waals surface area contributed by atoms with Gasteiger partial charge >= 0.3 is 0 Å². The molecule has 0 radical (unpaired) electrons. The fourth-order valence-corrected chi connectivity index (χ4v) is 5.46. The van der Waals surface area contributed by atoms with Crippen molar-refractivity contribution in [1.82, 2.24) is 0 Å². The molecule has 0 aromatic carbocycles. The van der Waals surface area contributed by atoms with Crippen molar-refractivity contribution in [2.75, 3.05) is 0 Å². The summed E-state index contributed by atoms with van der Waals surface area (Å²) in [5, 5.41) is 1.61. The standard InChI is InChI=1S/C8H17N2S/c1-6(2)10-5-9-11(7(10)3)8(10)4/h5-8,11H,1-4H3/q+1/t7-,8?,10-/m1/s1. The van der Waals surface area contributed by atoms with Crippen LogP contribution in [0, 0.1) is 0 Å². The van der Waals surface area contributed by atoms with Crippen LogP contribution in [0.5, 0.6) is 0 Å². The molecule has 11 heavy (non-hydrogen) atoms. The van der Waals surface area contributed by atoms with Crippen LogP contribution < -0.4 is 0 Å². The van der Waals surface area contributed by atoms with E-state index in [-0.39, 0.29) is 11.1 Å². The van der Waals surface area contributed by atoms with Crippen LogP contribution in [0.2, 0.25) is 0 Å². The quantitative estimate of drug-likeness (QED) is 0.459. The van der Waals surface area contributed by atoms with Crippen LogP contribution in [-0.4, -0.2) is 27.6 Å². The summed E-state index contributed by atoms with van der Waals surface area (Å²) < 4.78 is 5.74. The van der Waals surface area contributed by atoms with Crippen LogP contribution in [-0.2, 0) is 0 Å². The molecule has 0 aromatic heterocycles. The maximum Gasteiger partial charge on any atom is 0.197 e. The first kappa shape index (κ1) is 7.62. The molecule has 2 unspecified atom stereocenters. The zero-order chi connectivity index (χ0) is 8.22. The fraction of sp³-hybridized carbons (Fsp3) is 0.875. The van der Waals surface area contributed by atoms with Gasteiger partial charge in [-0.05, 0) is 38.8 Å². The summed E-state index contributed by atoms with van der Waals surface area (Å²) in [5.41, 5.74) is 0. The molecular formula is C8H17N2S+. The Bertz CT molecular complexity index is 202. The van der Waals surface area contributed by atoms with Crippen molar-refractivity contribution in [3.8, 4) is 0 Å². The van der Waals surface area contributed by atoms with Gasteiger partial charge in [-0.3, -0.25) is 4.48 Å². The third-order valence-electron chi connectivity index (χ3n) is 3.34. The van der Waals surface area contributed by atoms with Gasteiger partial charge in [-0.15, -0.1) is 0 Å². The SMILES string of the molecule is CC(C)[N@@+]12C=N[SH](C1C)[C@@H]2C. The second-order valence-electron chi connectivity index (χ2n) is 3.86. The van der Waals surface area contributed by atoms with Crippen LogP contribution in [0.1, 0.15) is 27.7 Å². The zero-order valence-corrected chi connectivity index (χ0v) is 8.55. The Hall–Kier alpha value is -0.0200.